The Morgan fingerprint density at radius 3 is 2.78 bits per heavy atom. The molecule has 1 fully saturated rings. The lowest BCUT2D eigenvalue weighted by atomic mass is 10.4. The summed E-state index contributed by atoms with van der Waals surface area (Å²) < 4.78 is 4.56. The summed E-state index contributed by atoms with van der Waals surface area (Å²) in [5.41, 5.74) is 5.65. The third kappa shape index (κ3) is 3.22. The molecular formula is C10H15N5O2S. The molecule has 2 rings (SSSR count). The Kier molecular flexibility index (Phi) is 4.19. The van der Waals surface area contributed by atoms with Crippen molar-refractivity contribution in [3.63, 3.8) is 0 Å². The van der Waals surface area contributed by atoms with Crippen LogP contribution in [0.3, 0.4) is 0 Å². The van der Waals surface area contributed by atoms with Crippen LogP contribution < -0.4 is 10.6 Å². The summed E-state index contributed by atoms with van der Waals surface area (Å²) >= 11 is 1.20. The summed E-state index contributed by atoms with van der Waals surface area (Å²) in [6.45, 7) is 1.87. The number of hydrogen-bond acceptors (Lipinski definition) is 8. The minimum absolute atomic E-state index is 0.166. The number of methoxy groups -OCH3 is 1. The molecule has 1 aliphatic rings. The van der Waals surface area contributed by atoms with E-state index in [0.717, 1.165) is 25.9 Å². The van der Waals surface area contributed by atoms with Crippen LogP contribution in [0.4, 0.5) is 11.9 Å². The van der Waals surface area contributed by atoms with Gasteiger partial charge >= 0.3 is 5.97 Å². The lowest BCUT2D eigenvalue weighted by Crippen LogP contribution is -2.21. The van der Waals surface area contributed by atoms with Gasteiger partial charge in [-0.1, -0.05) is 11.8 Å². The van der Waals surface area contributed by atoms with Gasteiger partial charge in [0.25, 0.3) is 0 Å². The normalized spacial score (nSPS) is 14.8. The largest absolute Gasteiger partial charge is 0.468 e. The molecule has 98 valence electrons. The number of rotatable bonds is 4. The van der Waals surface area contributed by atoms with Crippen molar-refractivity contribution in [2.24, 2.45) is 0 Å². The van der Waals surface area contributed by atoms with Gasteiger partial charge in [0.2, 0.25) is 11.9 Å². The summed E-state index contributed by atoms with van der Waals surface area (Å²) in [5, 5.41) is 0.454. The van der Waals surface area contributed by atoms with Gasteiger partial charge in [-0.05, 0) is 12.8 Å². The predicted octanol–water partition coefficient (Wildman–Crippen LogP) is 0.319. The van der Waals surface area contributed by atoms with Gasteiger partial charge < -0.3 is 15.4 Å². The molecule has 0 radical (unpaired) electrons. The number of aromatic nitrogens is 3. The first kappa shape index (κ1) is 12.9. The fourth-order valence-electron chi connectivity index (χ4n) is 1.67. The number of esters is 1. The highest BCUT2D eigenvalue weighted by atomic mass is 32.2. The standard InChI is InChI=1S/C10H15N5O2S/c1-17-7(16)6-18-10-13-8(11)12-9(14-10)15-4-2-3-5-15/h2-6H2,1H3,(H2,11,12,13,14). The fraction of sp³-hybridized carbons (Fsp3) is 0.600. The van der Waals surface area contributed by atoms with E-state index in [4.69, 9.17) is 5.73 Å². The van der Waals surface area contributed by atoms with Crippen LogP contribution in [0.5, 0.6) is 0 Å². The zero-order valence-corrected chi connectivity index (χ0v) is 10.9. The Morgan fingerprint density at radius 1 is 1.39 bits per heavy atom. The number of thioether (sulfide) groups is 1. The molecule has 0 spiro atoms. The summed E-state index contributed by atoms with van der Waals surface area (Å²) in [6.07, 6.45) is 2.27. The number of nitrogens with zero attached hydrogens (tertiary/aromatic N) is 4. The maximum absolute atomic E-state index is 11.1. The Bertz CT molecular complexity index is 436. The van der Waals surface area contributed by atoms with Crippen LogP contribution in [0, 0.1) is 0 Å². The number of carbonyl (C=O) groups excluding carboxylic acids is 1. The highest BCUT2D eigenvalue weighted by Gasteiger charge is 2.17. The molecule has 18 heavy (non-hydrogen) atoms. The second-order valence-electron chi connectivity index (χ2n) is 3.84. The maximum Gasteiger partial charge on any atom is 0.316 e. The Morgan fingerprint density at radius 2 is 2.11 bits per heavy atom. The van der Waals surface area contributed by atoms with Crippen LogP contribution in [-0.2, 0) is 9.53 Å². The molecule has 0 aliphatic carbocycles. The highest BCUT2D eigenvalue weighted by molar-refractivity contribution is 7.99. The van der Waals surface area contributed by atoms with Crippen molar-refractivity contribution < 1.29 is 9.53 Å². The second-order valence-corrected chi connectivity index (χ2v) is 4.78. The van der Waals surface area contributed by atoms with Crippen molar-refractivity contribution in [2.75, 3.05) is 36.6 Å². The first-order valence-corrected chi connectivity index (χ1v) is 6.63. The van der Waals surface area contributed by atoms with E-state index in [1.54, 1.807) is 0 Å². The van der Waals surface area contributed by atoms with E-state index in [1.807, 2.05) is 0 Å². The van der Waals surface area contributed by atoms with Crippen LogP contribution >= 0.6 is 11.8 Å². The van der Waals surface area contributed by atoms with E-state index in [9.17, 15) is 4.79 Å². The van der Waals surface area contributed by atoms with Crippen LogP contribution in [-0.4, -0.2) is 46.9 Å². The average Bonchev–Trinajstić information content (AvgIpc) is 2.89. The van der Waals surface area contributed by atoms with Crippen LogP contribution in [0.2, 0.25) is 0 Å². The smallest absolute Gasteiger partial charge is 0.316 e. The predicted molar refractivity (Wildman–Crippen MR) is 68.4 cm³/mol. The summed E-state index contributed by atoms with van der Waals surface area (Å²) in [7, 11) is 1.35. The zero-order chi connectivity index (χ0) is 13.0. The summed E-state index contributed by atoms with van der Waals surface area (Å²) in [4.78, 5) is 25.5. The third-order valence-electron chi connectivity index (χ3n) is 2.56. The molecule has 1 saturated heterocycles. The van der Waals surface area contributed by atoms with Gasteiger partial charge in [-0.3, -0.25) is 4.79 Å². The van der Waals surface area contributed by atoms with Gasteiger partial charge in [-0.25, -0.2) is 0 Å². The molecule has 1 aromatic rings. The van der Waals surface area contributed by atoms with Gasteiger partial charge in [0.05, 0.1) is 12.9 Å². The van der Waals surface area contributed by atoms with Crippen LogP contribution in [0.15, 0.2) is 5.16 Å². The first-order chi connectivity index (χ1) is 8.69. The molecule has 1 aromatic heterocycles. The van der Waals surface area contributed by atoms with E-state index in [1.165, 1.54) is 18.9 Å². The Hall–Kier alpha value is -1.57. The number of ether oxygens (including phenoxy) is 1. The molecule has 0 amide bonds. The SMILES string of the molecule is COC(=O)CSc1nc(N)nc(N2CCCC2)n1. The number of hydrogen-bond donors (Lipinski definition) is 1. The van der Waals surface area contributed by atoms with E-state index in [-0.39, 0.29) is 17.7 Å². The van der Waals surface area contributed by atoms with Crippen LogP contribution in [0.25, 0.3) is 0 Å². The number of nitrogen functional groups attached to an aromatic ring is 1. The quantitative estimate of drug-likeness (QED) is 0.617. The Labute approximate surface area is 109 Å². The zero-order valence-electron chi connectivity index (χ0n) is 10.1. The fourth-order valence-corrected chi connectivity index (χ4v) is 2.34. The molecule has 8 heteroatoms. The van der Waals surface area contributed by atoms with E-state index < -0.39 is 0 Å². The van der Waals surface area contributed by atoms with Crippen molar-refractivity contribution in [1.82, 2.24) is 15.0 Å². The van der Waals surface area contributed by atoms with Gasteiger partial charge in [0, 0.05) is 13.1 Å². The van der Waals surface area contributed by atoms with Gasteiger partial charge in [0.15, 0.2) is 5.16 Å². The third-order valence-corrected chi connectivity index (χ3v) is 3.38. The van der Waals surface area contributed by atoms with E-state index in [2.05, 4.69) is 24.6 Å². The minimum atomic E-state index is -0.318. The molecule has 2 N–H and O–H groups in total. The first-order valence-electron chi connectivity index (χ1n) is 5.65. The van der Waals surface area contributed by atoms with E-state index >= 15 is 0 Å². The molecular weight excluding hydrogens is 254 g/mol. The van der Waals surface area contributed by atoms with Crippen molar-refractivity contribution >= 4 is 29.6 Å². The number of nitrogens with two attached hydrogens (primary N) is 1. The average molecular weight is 269 g/mol. The topological polar surface area (TPSA) is 94.2 Å². The molecule has 2 heterocycles. The maximum atomic E-state index is 11.1. The number of carbonyl (C=O) groups is 1. The van der Waals surface area contributed by atoms with Gasteiger partial charge in [-0.15, -0.1) is 0 Å². The summed E-state index contributed by atoms with van der Waals surface area (Å²) in [6, 6.07) is 0. The lowest BCUT2D eigenvalue weighted by Gasteiger charge is -2.15. The van der Waals surface area contributed by atoms with Crippen molar-refractivity contribution in [3.8, 4) is 0 Å². The van der Waals surface area contributed by atoms with Crippen molar-refractivity contribution in [1.29, 1.82) is 0 Å². The molecule has 0 atom stereocenters. The van der Waals surface area contributed by atoms with Crippen molar-refractivity contribution in [2.45, 2.75) is 18.0 Å². The monoisotopic (exact) mass is 269 g/mol. The van der Waals surface area contributed by atoms with Crippen molar-refractivity contribution in [3.05, 3.63) is 0 Å². The molecule has 0 unspecified atom stereocenters. The molecule has 0 aromatic carbocycles. The lowest BCUT2D eigenvalue weighted by molar-refractivity contribution is -0.137. The van der Waals surface area contributed by atoms with Gasteiger partial charge in [0.1, 0.15) is 0 Å². The molecule has 7 nitrogen and oxygen atoms in total. The summed E-state index contributed by atoms with van der Waals surface area (Å²) in [5.74, 6) is 0.618. The number of anilines is 2. The minimum Gasteiger partial charge on any atom is -0.468 e. The molecule has 0 saturated carbocycles. The van der Waals surface area contributed by atoms with E-state index in [0.29, 0.717) is 11.1 Å². The molecule has 1 aliphatic heterocycles. The highest BCUT2D eigenvalue weighted by Crippen LogP contribution is 2.20. The van der Waals surface area contributed by atoms with Crippen LogP contribution in [0.1, 0.15) is 12.8 Å². The Balaban J connectivity index is 2.08. The molecule has 0 bridgehead atoms. The second kappa shape index (κ2) is 5.85. The van der Waals surface area contributed by atoms with Gasteiger partial charge in [-0.2, -0.15) is 15.0 Å².